The second-order valence-electron chi connectivity index (χ2n) is 4.70. The summed E-state index contributed by atoms with van der Waals surface area (Å²) in [6.07, 6.45) is 5.02. The smallest absolute Gasteiger partial charge is 0.355 e. The van der Waals surface area contributed by atoms with Crippen LogP contribution in [0.4, 0.5) is 0 Å². The van der Waals surface area contributed by atoms with Crippen LogP contribution in [-0.2, 0) is 11.2 Å². The Labute approximate surface area is 126 Å². The van der Waals surface area contributed by atoms with E-state index in [1.807, 2.05) is 24.6 Å². The van der Waals surface area contributed by atoms with Crippen LogP contribution in [-0.4, -0.2) is 26.9 Å². The number of nitrogens with zero attached hydrogens (tertiary/aromatic N) is 3. The molecule has 3 rings (SSSR count). The van der Waals surface area contributed by atoms with E-state index in [-0.39, 0.29) is 5.97 Å². The Morgan fingerprint density at radius 1 is 1.43 bits per heavy atom. The average Bonchev–Trinajstić information content (AvgIpc) is 3.11. The van der Waals surface area contributed by atoms with Crippen LogP contribution in [0.3, 0.4) is 0 Å². The quantitative estimate of drug-likeness (QED) is 0.537. The third-order valence-electron chi connectivity index (χ3n) is 3.28. The number of rotatable bonds is 5. The fourth-order valence-corrected chi connectivity index (χ4v) is 2.98. The summed E-state index contributed by atoms with van der Waals surface area (Å²) < 4.78 is 7.07. The molecule has 3 heterocycles. The van der Waals surface area contributed by atoms with Crippen LogP contribution in [0.15, 0.2) is 36.2 Å². The van der Waals surface area contributed by atoms with Crippen molar-refractivity contribution in [2.75, 3.05) is 6.61 Å². The minimum atomic E-state index is -0.320. The van der Waals surface area contributed by atoms with E-state index < -0.39 is 0 Å². The third-order valence-corrected chi connectivity index (χ3v) is 4.28. The number of carbonyl (C=O) groups is 1. The first-order chi connectivity index (χ1) is 10.3. The van der Waals surface area contributed by atoms with Crippen molar-refractivity contribution < 1.29 is 9.53 Å². The van der Waals surface area contributed by atoms with Gasteiger partial charge in [0.05, 0.1) is 35.9 Å². The van der Waals surface area contributed by atoms with Gasteiger partial charge in [0.15, 0.2) is 0 Å². The zero-order valence-corrected chi connectivity index (χ0v) is 12.5. The highest BCUT2D eigenvalue weighted by Gasteiger charge is 2.11. The lowest BCUT2D eigenvalue weighted by Crippen LogP contribution is -2.11. The summed E-state index contributed by atoms with van der Waals surface area (Å²) in [5.74, 6) is -0.320. The molecule has 0 unspecified atom stereocenters. The molecule has 0 aliphatic rings. The molecule has 0 amide bonds. The van der Waals surface area contributed by atoms with Gasteiger partial charge in [0.25, 0.3) is 0 Å². The number of thiazole rings is 1. The van der Waals surface area contributed by atoms with E-state index in [0.29, 0.717) is 12.3 Å². The molecule has 6 heteroatoms. The minimum Gasteiger partial charge on any atom is -0.461 e. The number of hydrogen-bond acceptors (Lipinski definition) is 5. The number of imidazole rings is 1. The van der Waals surface area contributed by atoms with Gasteiger partial charge in [-0.2, -0.15) is 0 Å². The molecule has 0 saturated carbocycles. The average molecular weight is 301 g/mol. The molecule has 3 aromatic rings. The van der Waals surface area contributed by atoms with Gasteiger partial charge in [-0.05, 0) is 31.9 Å². The summed E-state index contributed by atoms with van der Waals surface area (Å²) in [5.41, 5.74) is 4.29. The molecule has 0 aromatic carbocycles. The lowest BCUT2D eigenvalue weighted by Gasteiger charge is -2.06. The molecule has 108 valence electrons. The molecule has 3 aromatic heterocycles. The van der Waals surface area contributed by atoms with Crippen LogP contribution in [0.1, 0.15) is 27.5 Å². The van der Waals surface area contributed by atoms with E-state index in [1.165, 1.54) is 4.88 Å². The van der Waals surface area contributed by atoms with Crippen molar-refractivity contribution in [1.29, 1.82) is 0 Å². The number of hydrogen-bond donors (Lipinski definition) is 0. The van der Waals surface area contributed by atoms with Crippen molar-refractivity contribution in [3.05, 3.63) is 52.5 Å². The van der Waals surface area contributed by atoms with Gasteiger partial charge < -0.3 is 4.74 Å². The first-order valence-corrected chi connectivity index (χ1v) is 7.61. The van der Waals surface area contributed by atoms with E-state index in [4.69, 9.17) is 4.74 Å². The standard InChI is InChI=1S/C15H15N3O2S/c1-11-14(21-10-17-11)6-3-7-20-15(19)13-5-2-4-12-8-16-9-18(12)13/h2,4-5,8-10H,3,6-7H2,1H3. The van der Waals surface area contributed by atoms with Gasteiger partial charge in [0.2, 0.25) is 0 Å². The number of fused-ring (bicyclic) bond motifs is 1. The van der Waals surface area contributed by atoms with Crippen LogP contribution in [0.2, 0.25) is 0 Å². The second-order valence-corrected chi connectivity index (χ2v) is 5.64. The third kappa shape index (κ3) is 2.95. The van der Waals surface area contributed by atoms with E-state index in [2.05, 4.69) is 9.97 Å². The van der Waals surface area contributed by atoms with Gasteiger partial charge in [-0.3, -0.25) is 4.40 Å². The maximum atomic E-state index is 12.1. The molecule has 0 atom stereocenters. The molecule has 21 heavy (non-hydrogen) atoms. The number of aryl methyl sites for hydroxylation is 2. The number of carbonyl (C=O) groups excluding carboxylic acids is 1. The minimum absolute atomic E-state index is 0.320. The molecule has 0 fully saturated rings. The van der Waals surface area contributed by atoms with Crippen LogP contribution >= 0.6 is 11.3 Å². The van der Waals surface area contributed by atoms with Crippen molar-refractivity contribution in [1.82, 2.24) is 14.4 Å². The van der Waals surface area contributed by atoms with Crippen LogP contribution in [0.5, 0.6) is 0 Å². The van der Waals surface area contributed by atoms with Crippen LogP contribution in [0.25, 0.3) is 5.52 Å². The van der Waals surface area contributed by atoms with Gasteiger partial charge in [-0.1, -0.05) is 6.07 Å². The highest BCUT2D eigenvalue weighted by molar-refractivity contribution is 7.09. The highest BCUT2D eigenvalue weighted by Crippen LogP contribution is 2.14. The zero-order valence-electron chi connectivity index (χ0n) is 11.7. The summed E-state index contributed by atoms with van der Waals surface area (Å²) in [7, 11) is 0. The SMILES string of the molecule is Cc1ncsc1CCCOC(=O)c1cccc2cncn12. The second kappa shape index (κ2) is 6.05. The van der Waals surface area contributed by atoms with Gasteiger partial charge >= 0.3 is 5.97 Å². The van der Waals surface area contributed by atoms with E-state index >= 15 is 0 Å². The largest absolute Gasteiger partial charge is 0.461 e. The molecule has 0 radical (unpaired) electrons. The van der Waals surface area contributed by atoms with Gasteiger partial charge in [-0.25, -0.2) is 14.8 Å². The Kier molecular flexibility index (Phi) is 3.96. The normalized spacial score (nSPS) is 10.9. The molecule has 0 bridgehead atoms. The number of aromatic nitrogens is 3. The molecule has 0 saturated heterocycles. The molecule has 0 spiro atoms. The lowest BCUT2D eigenvalue weighted by atomic mass is 10.2. The predicted molar refractivity (Wildman–Crippen MR) is 80.6 cm³/mol. The van der Waals surface area contributed by atoms with Gasteiger partial charge in [-0.15, -0.1) is 11.3 Å². The first kappa shape index (κ1) is 13.8. The summed E-state index contributed by atoms with van der Waals surface area (Å²) in [6.45, 7) is 2.40. The van der Waals surface area contributed by atoms with E-state index in [0.717, 1.165) is 24.1 Å². The van der Waals surface area contributed by atoms with Gasteiger partial charge in [0.1, 0.15) is 5.69 Å². The zero-order chi connectivity index (χ0) is 14.7. The Bertz CT molecular complexity index is 763. The summed E-state index contributed by atoms with van der Waals surface area (Å²) in [5, 5.41) is 0. The Morgan fingerprint density at radius 3 is 3.14 bits per heavy atom. The van der Waals surface area contributed by atoms with Crippen molar-refractivity contribution in [3.63, 3.8) is 0 Å². The van der Waals surface area contributed by atoms with E-state index in [9.17, 15) is 4.79 Å². The Balaban J connectivity index is 1.57. The number of pyridine rings is 1. The molecule has 0 aliphatic heterocycles. The van der Waals surface area contributed by atoms with Crippen molar-refractivity contribution in [3.8, 4) is 0 Å². The van der Waals surface area contributed by atoms with E-state index in [1.54, 1.807) is 34.3 Å². The summed E-state index contributed by atoms with van der Waals surface area (Å²) in [6, 6.07) is 5.47. The van der Waals surface area contributed by atoms with Crippen LogP contribution in [0, 0.1) is 6.92 Å². The number of esters is 1. The van der Waals surface area contributed by atoms with Crippen molar-refractivity contribution in [2.45, 2.75) is 19.8 Å². The Hall–Kier alpha value is -2.21. The number of ether oxygens (including phenoxy) is 1. The molecule has 0 N–H and O–H groups in total. The fraction of sp³-hybridized carbons (Fsp3) is 0.267. The first-order valence-electron chi connectivity index (χ1n) is 6.73. The maximum absolute atomic E-state index is 12.1. The lowest BCUT2D eigenvalue weighted by molar-refractivity contribution is 0.0492. The summed E-state index contributed by atoms with van der Waals surface area (Å²) in [4.78, 5) is 21.6. The van der Waals surface area contributed by atoms with Gasteiger partial charge in [0, 0.05) is 4.88 Å². The Morgan fingerprint density at radius 2 is 2.33 bits per heavy atom. The molecule has 5 nitrogen and oxygen atoms in total. The fourth-order valence-electron chi connectivity index (χ4n) is 2.15. The van der Waals surface area contributed by atoms with Crippen molar-refractivity contribution in [2.24, 2.45) is 0 Å². The monoisotopic (exact) mass is 301 g/mol. The summed E-state index contributed by atoms with van der Waals surface area (Å²) >= 11 is 1.64. The molecule has 0 aliphatic carbocycles. The van der Waals surface area contributed by atoms with Crippen molar-refractivity contribution >= 4 is 22.8 Å². The van der Waals surface area contributed by atoms with Crippen LogP contribution < -0.4 is 0 Å². The topological polar surface area (TPSA) is 56.5 Å². The molecular formula is C15H15N3O2S. The molecular weight excluding hydrogens is 286 g/mol. The highest BCUT2D eigenvalue weighted by atomic mass is 32.1. The predicted octanol–water partition coefficient (Wildman–Crippen LogP) is 2.89. The maximum Gasteiger partial charge on any atom is 0.355 e.